The number of hydrogen-bond acceptors (Lipinski definition) is 3. The zero-order valence-electron chi connectivity index (χ0n) is 14.5. The number of rotatable bonds is 5. The Morgan fingerprint density at radius 2 is 1.60 bits per heavy atom. The van der Waals surface area contributed by atoms with Crippen LogP contribution in [0.1, 0.15) is 16.7 Å². The number of nitrogens with zero attached hydrogens (tertiary/aromatic N) is 2. The number of aryl methyl sites for hydroxylation is 1. The van der Waals surface area contributed by atoms with Crippen molar-refractivity contribution in [2.24, 2.45) is 0 Å². The molecule has 0 amide bonds. The standard InChI is InChI=1S/C19H25N2O3P/c1-16-3-2-4-19(13-16)21-11-9-20(10-12-21)14-17-5-7-18(8-6-17)15-25(22,23)24/h2-8,13H,9-12,14-15H2,1H3,(H2,22,23,24). The molecule has 0 aromatic heterocycles. The van der Waals surface area contributed by atoms with Gasteiger partial charge in [0.05, 0.1) is 6.16 Å². The lowest BCUT2D eigenvalue weighted by atomic mass is 10.1. The normalized spacial score (nSPS) is 16.2. The van der Waals surface area contributed by atoms with Crippen LogP contribution in [0.15, 0.2) is 48.5 Å². The first-order chi connectivity index (χ1) is 11.9. The molecule has 0 saturated carbocycles. The molecule has 1 saturated heterocycles. The van der Waals surface area contributed by atoms with Gasteiger partial charge in [0.15, 0.2) is 0 Å². The molecule has 3 rings (SSSR count). The van der Waals surface area contributed by atoms with E-state index in [4.69, 9.17) is 9.79 Å². The van der Waals surface area contributed by atoms with Crippen molar-refractivity contribution >= 4 is 13.3 Å². The van der Waals surface area contributed by atoms with E-state index in [2.05, 4.69) is 41.0 Å². The van der Waals surface area contributed by atoms with Crippen LogP contribution in [0.2, 0.25) is 0 Å². The highest BCUT2D eigenvalue weighted by atomic mass is 31.2. The van der Waals surface area contributed by atoms with Gasteiger partial charge in [0.1, 0.15) is 0 Å². The monoisotopic (exact) mass is 360 g/mol. The molecule has 2 aromatic rings. The van der Waals surface area contributed by atoms with Crippen molar-refractivity contribution in [1.29, 1.82) is 0 Å². The van der Waals surface area contributed by atoms with Crippen molar-refractivity contribution < 1.29 is 14.4 Å². The molecule has 134 valence electrons. The minimum Gasteiger partial charge on any atom is -0.369 e. The van der Waals surface area contributed by atoms with Gasteiger partial charge in [-0.3, -0.25) is 9.46 Å². The van der Waals surface area contributed by atoms with Crippen LogP contribution in [0.3, 0.4) is 0 Å². The summed E-state index contributed by atoms with van der Waals surface area (Å²) in [5, 5.41) is 0. The van der Waals surface area contributed by atoms with Crippen LogP contribution in [0, 0.1) is 6.92 Å². The topological polar surface area (TPSA) is 64.0 Å². The molecule has 2 N–H and O–H groups in total. The molecule has 0 radical (unpaired) electrons. The van der Waals surface area contributed by atoms with Crippen LogP contribution < -0.4 is 4.90 Å². The van der Waals surface area contributed by atoms with E-state index in [0.717, 1.165) is 32.7 Å². The summed E-state index contributed by atoms with van der Waals surface area (Å²) in [5.41, 5.74) is 4.44. The Bertz CT molecular complexity index is 750. The summed E-state index contributed by atoms with van der Waals surface area (Å²) in [6.07, 6.45) is -0.192. The second-order valence-corrected chi connectivity index (χ2v) is 8.39. The van der Waals surface area contributed by atoms with Crippen molar-refractivity contribution in [3.8, 4) is 0 Å². The van der Waals surface area contributed by atoms with Gasteiger partial charge >= 0.3 is 7.60 Å². The maximum atomic E-state index is 11.1. The Hall–Kier alpha value is -1.65. The van der Waals surface area contributed by atoms with Gasteiger partial charge in [0, 0.05) is 38.4 Å². The van der Waals surface area contributed by atoms with Crippen LogP contribution in [0.25, 0.3) is 0 Å². The van der Waals surface area contributed by atoms with Gasteiger partial charge in [0.25, 0.3) is 0 Å². The molecule has 25 heavy (non-hydrogen) atoms. The van der Waals surface area contributed by atoms with Gasteiger partial charge in [-0.2, -0.15) is 0 Å². The molecular weight excluding hydrogens is 335 g/mol. The molecule has 2 aromatic carbocycles. The third-order valence-electron chi connectivity index (χ3n) is 4.56. The van der Waals surface area contributed by atoms with Gasteiger partial charge in [-0.15, -0.1) is 0 Å². The zero-order chi connectivity index (χ0) is 17.9. The van der Waals surface area contributed by atoms with E-state index >= 15 is 0 Å². The van der Waals surface area contributed by atoms with Gasteiger partial charge in [0.2, 0.25) is 0 Å². The van der Waals surface area contributed by atoms with Crippen LogP contribution in [0.4, 0.5) is 5.69 Å². The van der Waals surface area contributed by atoms with Crippen molar-refractivity contribution in [2.75, 3.05) is 31.1 Å². The summed E-state index contributed by atoms with van der Waals surface area (Å²) in [6.45, 7) is 7.05. The minimum atomic E-state index is -3.99. The fourth-order valence-electron chi connectivity index (χ4n) is 3.23. The van der Waals surface area contributed by atoms with E-state index < -0.39 is 7.60 Å². The Balaban J connectivity index is 1.53. The largest absolute Gasteiger partial charge is 0.369 e. The lowest BCUT2D eigenvalue weighted by Crippen LogP contribution is -2.45. The summed E-state index contributed by atoms with van der Waals surface area (Å²) in [6, 6.07) is 16.2. The van der Waals surface area contributed by atoms with Crippen molar-refractivity contribution in [2.45, 2.75) is 19.6 Å². The summed E-state index contributed by atoms with van der Waals surface area (Å²) in [5.74, 6) is 0. The number of anilines is 1. The minimum absolute atomic E-state index is 0.192. The van der Waals surface area contributed by atoms with Crippen molar-refractivity contribution in [3.05, 3.63) is 65.2 Å². The van der Waals surface area contributed by atoms with Gasteiger partial charge < -0.3 is 14.7 Å². The molecule has 1 fully saturated rings. The fourth-order valence-corrected chi connectivity index (χ4v) is 3.92. The molecule has 0 bridgehead atoms. The highest BCUT2D eigenvalue weighted by Crippen LogP contribution is 2.38. The highest BCUT2D eigenvalue weighted by molar-refractivity contribution is 7.50. The average Bonchev–Trinajstić information content (AvgIpc) is 2.56. The van der Waals surface area contributed by atoms with E-state index in [1.807, 2.05) is 24.3 Å². The van der Waals surface area contributed by atoms with Crippen molar-refractivity contribution in [3.63, 3.8) is 0 Å². The molecule has 0 atom stereocenters. The lowest BCUT2D eigenvalue weighted by molar-refractivity contribution is 0.250. The second kappa shape index (κ2) is 7.71. The molecule has 5 nitrogen and oxygen atoms in total. The second-order valence-electron chi connectivity index (χ2n) is 6.74. The SMILES string of the molecule is Cc1cccc(N2CCN(Cc3ccc(CP(=O)(O)O)cc3)CC2)c1. The van der Waals surface area contributed by atoms with Crippen LogP contribution in [0.5, 0.6) is 0 Å². The molecular formula is C19H25N2O3P. The quantitative estimate of drug-likeness (QED) is 0.803. The van der Waals surface area contributed by atoms with Gasteiger partial charge in [-0.1, -0.05) is 36.4 Å². The van der Waals surface area contributed by atoms with Crippen LogP contribution in [-0.2, 0) is 17.3 Å². The smallest absolute Gasteiger partial charge is 0.329 e. The van der Waals surface area contributed by atoms with E-state index in [1.54, 1.807) is 0 Å². The summed E-state index contributed by atoms with van der Waals surface area (Å²) < 4.78 is 11.1. The maximum Gasteiger partial charge on any atom is 0.329 e. The van der Waals surface area contributed by atoms with Crippen LogP contribution >= 0.6 is 7.60 Å². The summed E-state index contributed by atoms with van der Waals surface area (Å²) in [7, 11) is -3.99. The lowest BCUT2D eigenvalue weighted by Gasteiger charge is -2.36. The molecule has 1 aliphatic heterocycles. The Morgan fingerprint density at radius 1 is 0.960 bits per heavy atom. The Labute approximate surface area is 149 Å². The molecule has 0 spiro atoms. The van der Waals surface area contributed by atoms with Gasteiger partial charge in [-0.25, -0.2) is 0 Å². The maximum absolute atomic E-state index is 11.1. The Kier molecular flexibility index (Phi) is 5.60. The first-order valence-corrected chi connectivity index (χ1v) is 10.4. The van der Waals surface area contributed by atoms with Crippen molar-refractivity contribution in [1.82, 2.24) is 4.90 Å². The first kappa shape index (κ1) is 18.2. The molecule has 1 aliphatic rings. The molecule has 1 heterocycles. The zero-order valence-corrected chi connectivity index (χ0v) is 15.4. The average molecular weight is 360 g/mol. The Morgan fingerprint density at radius 3 is 2.20 bits per heavy atom. The highest BCUT2D eigenvalue weighted by Gasteiger charge is 2.18. The third-order valence-corrected chi connectivity index (χ3v) is 5.33. The number of benzene rings is 2. The molecule has 6 heteroatoms. The molecule has 0 aliphatic carbocycles. The third kappa shape index (κ3) is 5.41. The van der Waals surface area contributed by atoms with E-state index in [0.29, 0.717) is 5.56 Å². The summed E-state index contributed by atoms with van der Waals surface area (Å²) in [4.78, 5) is 22.9. The van der Waals surface area contributed by atoms with Crippen LogP contribution in [-0.4, -0.2) is 40.9 Å². The predicted molar refractivity (Wildman–Crippen MR) is 101 cm³/mol. The first-order valence-electron chi connectivity index (χ1n) is 8.55. The fraction of sp³-hybridized carbons (Fsp3) is 0.368. The molecule has 0 unspecified atom stereocenters. The number of piperazine rings is 1. The predicted octanol–water partition coefficient (Wildman–Crippen LogP) is 2.99. The van der Waals surface area contributed by atoms with E-state index in [1.165, 1.54) is 16.8 Å². The van der Waals surface area contributed by atoms with E-state index in [-0.39, 0.29) is 6.16 Å². The van der Waals surface area contributed by atoms with E-state index in [9.17, 15) is 4.57 Å². The number of hydrogen-bond donors (Lipinski definition) is 2. The van der Waals surface area contributed by atoms with Gasteiger partial charge in [-0.05, 0) is 35.7 Å². The summed E-state index contributed by atoms with van der Waals surface area (Å²) >= 11 is 0.